The number of hydrogen-bond acceptors (Lipinski definition) is 4. The van der Waals surface area contributed by atoms with Crippen LogP contribution in [0.15, 0.2) is 16.6 Å². The molecule has 0 bridgehead atoms. The van der Waals surface area contributed by atoms with Crippen molar-refractivity contribution in [2.24, 2.45) is 5.73 Å². The van der Waals surface area contributed by atoms with Gasteiger partial charge in [-0.05, 0) is 34.5 Å². The molecule has 0 heterocycles. The highest BCUT2D eigenvalue weighted by Gasteiger charge is 2.11. The number of benzene rings is 1. The fourth-order valence-electron chi connectivity index (χ4n) is 1.25. The van der Waals surface area contributed by atoms with Gasteiger partial charge in [-0.25, -0.2) is 0 Å². The van der Waals surface area contributed by atoms with Crippen LogP contribution in [0.2, 0.25) is 0 Å². The summed E-state index contributed by atoms with van der Waals surface area (Å²) in [4.78, 5) is 0. The SMILES string of the molecule is COc1cc(Br)c(O)c(CC(N)CO)c1.Cl. The van der Waals surface area contributed by atoms with Crippen LogP contribution in [0, 0.1) is 0 Å². The van der Waals surface area contributed by atoms with Crippen molar-refractivity contribution in [1.29, 1.82) is 0 Å². The Bertz CT molecular complexity index is 349. The Kier molecular flexibility index (Phi) is 6.74. The van der Waals surface area contributed by atoms with Crippen LogP contribution in [0.4, 0.5) is 0 Å². The third-order valence-corrected chi connectivity index (χ3v) is 2.67. The van der Waals surface area contributed by atoms with Crippen LogP contribution in [-0.2, 0) is 6.42 Å². The van der Waals surface area contributed by atoms with E-state index < -0.39 is 0 Å². The van der Waals surface area contributed by atoms with E-state index >= 15 is 0 Å². The molecule has 0 aliphatic carbocycles. The summed E-state index contributed by atoms with van der Waals surface area (Å²) >= 11 is 3.22. The van der Waals surface area contributed by atoms with Crippen LogP contribution in [-0.4, -0.2) is 30.0 Å². The molecule has 0 amide bonds. The van der Waals surface area contributed by atoms with Crippen LogP contribution < -0.4 is 10.5 Å². The first-order valence-electron chi connectivity index (χ1n) is 4.50. The quantitative estimate of drug-likeness (QED) is 0.786. The van der Waals surface area contributed by atoms with Crippen molar-refractivity contribution < 1.29 is 14.9 Å². The van der Waals surface area contributed by atoms with Crippen molar-refractivity contribution in [1.82, 2.24) is 0 Å². The van der Waals surface area contributed by atoms with E-state index in [1.165, 1.54) is 0 Å². The van der Waals surface area contributed by atoms with Gasteiger partial charge in [-0.2, -0.15) is 0 Å². The molecule has 16 heavy (non-hydrogen) atoms. The molecule has 0 saturated carbocycles. The number of ether oxygens (including phenoxy) is 1. The zero-order valence-corrected chi connectivity index (χ0v) is 11.2. The molecule has 6 heteroatoms. The number of aliphatic hydroxyl groups is 1. The number of aromatic hydroxyl groups is 1. The van der Waals surface area contributed by atoms with Gasteiger partial charge in [-0.3, -0.25) is 0 Å². The summed E-state index contributed by atoms with van der Waals surface area (Å²) in [5.41, 5.74) is 6.25. The lowest BCUT2D eigenvalue weighted by atomic mass is 10.1. The van der Waals surface area contributed by atoms with Gasteiger partial charge in [0.1, 0.15) is 11.5 Å². The van der Waals surface area contributed by atoms with Crippen LogP contribution in [0.5, 0.6) is 11.5 Å². The molecule has 0 radical (unpaired) electrons. The van der Waals surface area contributed by atoms with Gasteiger partial charge in [0.25, 0.3) is 0 Å². The summed E-state index contributed by atoms with van der Waals surface area (Å²) in [6, 6.07) is 2.99. The smallest absolute Gasteiger partial charge is 0.133 e. The molecular formula is C10H15BrClNO3. The largest absolute Gasteiger partial charge is 0.506 e. The number of halogens is 2. The van der Waals surface area contributed by atoms with Crippen molar-refractivity contribution in [2.75, 3.05) is 13.7 Å². The second-order valence-corrected chi connectivity index (χ2v) is 4.12. The second kappa shape index (κ2) is 6.96. The molecule has 4 nitrogen and oxygen atoms in total. The summed E-state index contributed by atoms with van der Waals surface area (Å²) in [7, 11) is 1.55. The molecule has 0 spiro atoms. The fraction of sp³-hybridized carbons (Fsp3) is 0.400. The summed E-state index contributed by atoms with van der Waals surface area (Å²) in [6.45, 7) is -0.117. The van der Waals surface area contributed by atoms with E-state index in [0.717, 1.165) is 0 Å². The number of methoxy groups -OCH3 is 1. The van der Waals surface area contributed by atoms with E-state index in [9.17, 15) is 5.11 Å². The van der Waals surface area contributed by atoms with Gasteiger partial charge in [0.15, 0.2) is 0 Å². The summed E-state index contributed by atoms with van der Waals surface area (Å²) in [5.74, 6) is 0.777. The van der Waals surface area contributed by atoms with E-state index in [2.05, 4.69) is 15.9 Å². The van der Waals surface area contributed by atoms with Crippen molar-refractivity contribution in [3.8, 4) is 11.5 Å². The average molecular weight is 313 g/mol. The molecule has 0 aliphatic rings. The van der Waals surface area contributed by atoms with E-state index in [1.807, 2.05) is 0 Å². The number of rotatable bonds is 4. The van der Waals surface area contributed by atoms with Gasteiger partial charge in [0.2, 0.25) is 0 Å². The Morgan fingerprint density at radius 2 is 2.12 bits per heavy atom. The summed E-state index contributed by atoms with van der Waals surface area (Å²) < 4.78 is 5.62. The maximum absolute atomic E-state index is 9.72. The molecule has 1 atom stereocenters. The average Bonchev–Trinajstić information content (AvgIpc) is 2.24. The number of phenols is 1. The number of aliphatic hydroxyl groups excluding tert-OH is 1. The zero-order valence-electron chi connectivity index (χ0n) is 8.81. The third kappa shape index (κ3) is 3.83. The zero-order chi connectivity index (χ0) is 11.4. The van der Waals surface area contributed by atoms with Crippen LogP contribution >= 0.6 is 28.3 Å². The van der Waals surface area contributed by atoms with Crippen LogP contribution in [0.25, 0.3) is 0 Å². The highest BCUT2D eigenvalue weighted by molar-refractivity contribution is 9.10. The molecule has 1 unspecified atom stereocenters. The molecule has 4 N–H and O–H groups in total. The molecule has 1 aromatic rings. The Morgan fingerprint density at radius 1 is 1.50 bits per heavy atom. The van der Waals surface area contributed by atoms with E-state index in [1.54, 1.807) is 19.2 Å². The van der Waals surface area contributed by atoms with Gasteiger partial charge in [0, 0.05) is 11.6 Å². The fourth-order valence-corrected chi connectivity index (χ4v) is 1.73. The molecule has 0 saturated heterocycles. The van der Waals surface area contributed by atoms with E-state index in [0.29, 0.717) is 22.2 Å². The maximum atomic E-state index is 9.72. The minimum Gasteiger partial charge on any atom is -0.506 e. The van der Waals surface area contributed by atoms with Crippen LogP contribution in [0.3, 0.4) is 0 Å². The van der Waals surface area contributed by atoms with Crippen molar-refractivity contribution in [3.63, 3.8) is 0 Å². The topological polar surface area (TPSA) is 75.7 Å². The van der Waals surface area contributed by atoms with Crippen molar-refractivity contribution in [3.05, 3.63) is 22.2 Å². The number of hydrogen-bond donors (Lipinski definition) is 3. The van der Waals surface area contributed by atoms with E-state index in [4.69, 9.17) is 15.6 Å². The predicted octanol–water partition coefficient (Wildman–Crippen LogP) is 1.45. The number of nitrogens with two attached hydrogens (primary N) is 1. The molecule has 1 rings (SSSR count). The van der Waals surface area contributed by atoms with Gasteiger partial charge < -0.3 is 20.7 Å². The predicted molar refractivity (Wildman–Crippen MR) is 68.4 cm³/mol. The first-order chi connectivity index (χ1) is 7.08. The minimum atomic E-state index is -0.380. The monoisotopic (exact) mass is 311 g/mol. The van der Waals surface area contributed by atoms with Crippen molar-refractivity contribution in [2.45, 2.75) is 12.5 Å². The normalized spacial score (nSPS) is 11.8. The highest BCUT2D eigenvalue weighted by atomic mass is 79.9. The Balaban J connectivity index is 0.00000225. The van der Waals surface area contributed by atoms with Gasteiger partial charge in [0.05, 0.1) is 18.2 Å². The Hall–Kier alpha value is -0.490. The lowest BCUT2D eigenvalue weighted by Gasteiger charge is -2.12. The van der Waals surface area contributed by atoms with Gasteiger partial charge >= 0.3 is 0 Å². The lowest BCUT2D eigenvalue weighted by Crippen LogP contribution is -2.26. The lowest BCUT2D eigenvalue weighted by molar-refractivity contribution is 0.264. The molecule has 92 valence electrons. The first-order valence-corrected chi connectivity index (χ1v) is 5.29. The highest BCUT2D eigenvalue weighted by Crippen LogP contribution is 2.33. The molecule has 0 fully saturated rings. The summed E-state index contributed by atoms with van der Waals surface area (Å²) in [6.07, 6.45) is 0.401. The molecule has 1 aromatic carbocycles. The van der Waals surface area contributed by atoms with Crippen molar-refractivity contribution >= 4 is 28.3 Å². The third-order valence-electron chi connectivity index (χ3n) is 2.07. The number of phenolic OH excluding ortho intramolecular Hbond substituents is 1. The van der Waals surface area contributed by atoms with Gasteiger partial charge in [-0.15, -0.1) is 12.4 Å². The van der Waals surface area contributed by atoms with E-state index in [-0.39, 0.29) is 30.8 Å². The first kappa shape index (κ1) is 15.5. The van der Waals surface area contributed by atoms with Gasteiger partial charge in [-0.1, -0.05) is 0 Å². The standard InChI is InChI=1S/C10H14BrNO3.ClH/c1-15-8-3-6(2-7(12)5-13)10(14)9(11)4-8;/h3-4,7,13-14H,2,5,12H2,1H3;1H. The molecule has 0 aliphatic heterocycles. The molecule has 0 aromatic heterocycles. The summed E-state index contributed by atoms with van der Waals surface area (Å²) in [5, 5.41) is 18.6. The Morgan fingerprint density at radius 3 is 2.62 bits per heavy atom. The maximum Gasteiger partial charge on any atom is 0.133 e. The van der Waals surface area contributed by atoms with Crippen LogP contribution in [0.1, 0.15) is 5.56 Å². The second-order valence-electron chi connectivity index (χ2n) is 3.26. The minimum absolute atomic E-state index is 0. The molecular weight excluding hydrogens is 297 g/mol. The Labute approximate surface area is 109 Å².